The molecule has 0 bridgehead atoms. The van der Waals surface area contributed by atoms with E-state index in [0.29, 0.717) is 17.6 Å². The van der Waals surface area contributed by atoms with E-state index in [1.165, 1.54) is 11.3 Å². The van der Waals surface area contributed by atoms with Crippen LogP contribution >= 0.6 is 11.3 Å². The second-order valence-electron chi connectivity index (χ2n) is 4.86. The van der Waals surface area contributed by atoms with Crippen molar-refractivity contribution in [3.05, 3.63) is 29.3 Å². The van der Waals surface area contributed by atoms with Gasteiger partial charge < -0.3 is 9.88 Å². The molecule has 0 aromatic carbocycles. The Morgan fingerprint density at radius 1 is 1.50 bits per heavy atom. The second kappa shape index (κ2) is 6.51. The van der Waals surface area contributed by atoms with Crippen molar-refractivity contribution in [3.8, 4) is 0 Å². The van der Waals surface area contributed by atoms with E-state index in [0.717, 1.165) is 17.1 Å². The van der Waals surface area contributed by atoms with Crippen LogP contribution in [0.2, 0.25) is 0 Å². The Hall–Kier alpha value is -1.89. The Morgan fingerprint density at radius 2 is 2.30 bits per heavy atom. The molecule has 0 aliphatic rings. The quantitative estimate of drug-likeness (QED) is 0.889. The normalized spacial score (nSPS) is 12.2. The lowest BCUT2D eigenvalue weighted by Gasteiger charge is -2.13. The summed E-state index contributed by atoms with van der Waals surface area (Å²) < 4.78 is 2.00. The van der Waals surface area contributed by atoms with Gasteiger partial charge in [-0.25, -0.2) is 14.8 Å². The fourth-order valence-corrected chi connectivity index (χ4v) is 2.56. The van der Waals surface area contributed by atoms with Gasteiger partial charge in [0.1, 0.15) is 0 Å². The van der Waals surface area contributed by atoms with E-state index in [2.05, 4.69) is 27.5 Å². The van der Waals surface area contributed by atoms with E-state index in [-0.39, 0.29) is 6.03 Å². The van der Waals surface area contributed by atoms with Gasteiger partial charge >= 0.3 is 6.03 Å². The number of imidazole rings is 1. The van der Waals surface area contributed by atoms with Gasteiger partial charge in [0.05, 0.1) is 12.0 Å². The molecular formula is C13H19N5OS. The SMILES string of the molecule is Cc1nc(NC(=O)NC[C@@H](C)Cn2ccnc2)sc1C. The molecule has 20 heavy (non-hydrogen) atoms. The zero-order chi connectivity index (χ0) is 14.5. The van der Waals surface area contributed by atoms with Gasteiger partial charge in [-0.1, -0.05) is 6.92 Å². The maximum absolute atomic E-state index is 11.8. The minimum atomic E-state index is -0.212. The van der Waals surface area contributed by atoms with Crippen molar-refractivity contribution >= 4 is 22.5 Å². The van der Waals surface area contributed by atoms with Crippen LogP contribution in [0.25, 0.3) is 0 Å². The molecule has 108 valence electrons. The number of anilines is 1. The first-order valence-electron chi connectivity index (χ1n) is 6.49. The molecule has 2 heterocycles. The number of urea groups is 1. The highest BCUT2D eigenvalue weighted by molar-refractivity contribution is 7.15. The third-order valence-corrected chi connectivity index (χ3v) is 3.93. The second-order valence-corrected chi connectivity index (χ2v) is 6.06. The molecule has 0 radical (unpaired) electrons. The predicted octanol–water partition coefficient (Wildman–Crippen LogP) is 2.41. The minimum absolute atomic E-state index is 0.212. The molecule has 2 amide bonds. The first kappa shape index (κ1) is 14.5. The van der Waals surface area contributed by atoms with E-state index in [4.69, 9.17) is 0 Å². The molecule has 0 saturated carbocycles. The van der Waals surface area contributed by atoms with Crippen LogP contribution in [0.15, 0.2) is 18.7 Å². The maximum atomic E-state index is 11.8. The lowest BCUT2D eigenvalue weighted by Crippen LogP contribution is -2.33. The van der Waals surface area contributed by atoms with Crippen molar-refractivity contribution in [3.63, 3.8) is 0 Å². The van der Waals surface area contributed by atoms with Crippen molar-refractivity contribution < 1.29 is 4.79 Å². The zero-order valence-corrected chi connectivity index (χ0v) is 12.7. The van der Waals surface area contributed by atoms with Crippen LogP contribution in [0.4, 0.5) is 9.93 Å². The minimum Gasteiger partial charge on any atom is -0.337 e. The van der Waals surface area contributed by atoms with E-state index in [1.54, 1.807) is 12.5 Å². The summed E-state index contributed by atoms with van der Waals surface area (Å²) in [7, 11) is 0. The van der Waals surface area contributed by atoms with Crippen molar-refractivity contribution in [2.24, 2.45) is 5.92 Å². The monoisotopic (exact) mass is 293 g/mol. The summed E-state index contributed by atoms with van der Waals surface area (Å²) >= 11 is 1.49. The van der Waals surface area contributed by atoms with Gasteiger partial charge in [0.2, 0.25) is 0 Å². The summed E-state index contributed by atoms with van der Waals surface area (Å²) in [5.41, 5.74) is 0.957. The first-order chi connectivity index (χ1) is 9.54. The molecular weight excluding hydrogens is 274 g/mol. The molecule has 1 atom stereocenters. The molecule has 2 aromatic rings. The largest absolute Gasteiger partial charge is 0.337 e. The third-order valence-electron chi connectivity index (χ3n) is 2.94. The molecule has 0 aliphatic heterocycles. The van der Waals surface area contributed by atoms with Gasteiger partial charge in [0.25, 0.3) is 0 Å². The van der Waals surface area contributed by atoms with E-state index >= 15 is 0 Å². The average Bonchev–Trinajstić information content (AvgIpc) is 2.98. The fraction of sp³-hybridized carbons (Fsp3) is 0.462. The Morgan fingerprint density at radius 3 is 2.90 bits per heavy atom. The molecule has 2 rings (SSSR count). The number of nitrogens with one attached hydrogen (secondary N) is 2. The standard InChI is InChI=1S/C13H19N5OS/c1-9(7-18-5-4-14-8-18)6-15-12(19)17-13-16-10(2)11(3)20-13/h4-5,8-9H,6-7H2,1-3H3,(H2,15,16,17,19)/t9-/m1/s1. The van der Waals surface area contributed by atoms with Gasteiger partial charge in [-0.15, -0.1) is 11.3 Å². The number of aryl methyl sites for hydroxylation is 2. The fourth-order valence-electron chi connectivity index (χ4n) is 1.75. The van der Waals surface area contributed by atoms with Gasteiger partial charge in [-0.2, -0.15) is 0 Å². The molecule has 0 aliphatic carbocycles. The topological polar surface area (TPSA) is 71.8 Å². The number of nitrogens with zero attached hydrogens (tertiary/aromatic N) is 3. The summed E-state index contributed by atoms with van der Waals surface area (Å²) in [5.74, 6) is 0.328. The first-order valence-corrected chi connectivity index (χ1v) is 7.31. The van der Waals surface area contributed by atoms with Gasteiger partial charge in [-0.05, 0) is 19.8 Å². The van der Waals surface area contributed by atoms with Crippen LogP contribution in [-0.4, -0.2) is 27.1 Å². The Bertz CT molecular complexity index is 544. The number of rotatable bonds is 5. The lowest BCUT2D eigenvalue weighted by molar-refractivity contribution is 0.250. The van der Waals surface area contributed by atoms with Gasteiger partial charge in [0, 0.05) is 30.4 Å². The van der Waals surface area contributed by atoms with Crippen LogP contribution < -0.4 is 10.6 Å². The molecule has 2 aromatic heterocycles. The molecule has 0 unspecified atom stereocenters. The summed E-state index contributed by atoms with van der Waals surface area (Å²) in [4.78, 5) is 21.1. The molecule has 6 nitrogen and oxygen atoms in total. The number of hydrogen-bond acceptors (Lipinski definition) is 4. The zero-order valence-electron chi connectivity index (χ0n) is 11.9. The Kier molecular flexibility index (Phi) is 4.73. The van der Waals surface area contributed by atoms with Crippen LogP contribution in [0.1, 0.15) is 17.5 Å². The molecule has 7 heteroatoms. The number of carbonyl (C=O) groups excluding carboxylic acids is 1. The van der Waals surface area contributed by atoms with Crippen LogP contribution in [0.3, 0.4) is 0 Å². The third kappa shape index (κ3) is 4.06. The summed E-state index contributed by atoms with van der Waals surface area (Å²) in [5, 5.41) is 6.25. The summed E-state index contributed by atoms with van der Waals surface area (Å²) in [6.45, 7) is 7.44. The van der Waals surface area contributed by atoms with Crippen molar-refractivity contribution in [1.82, 2.24) is 19.9 Å². The number of hydrogen-bond donors (Lipinski definition) is 2. The highest BCUT2D eigenvalue weighted by Gasteiger charge is 2.09. The summed E-state index contributed by atoms with van der Waals surface area (Å²) in [6, 6.07) is -0.212. The van der Waals surface area contributed by atoms with Crippen LogP contribution in [0, 0.1) is 19.8 Å². The Balaban J connectivity index is 1.74. The number of carbonyl (C=O) groups is 1. The highest BCUT2D eigenvalue weighted by atomic mass is 32.1. The smallest absolute Gasteiger partial charge is 0.321 e. The van der Waals surface area contributed by atoms with Gasteiger partial charge in [0.15, 0.2) is 5.13 Å². The molecule has 0 saturated heterocycles. The number of amides is 2. The van der Waals surface area contributed by atoms with E-state index in [1.807, 2.05) is 24.6 Å². The molecule has 2 N–H and O–H groups in total. The molecule has 0 spiro atoms. The summed E-state index contributed by atoms with van der Waals surface area (Å²) in [6.07, 6.45) is 5.44. The number of aromatic nitrogens is 3. The van der Waals surface area contributed by atoms with E-state index < -0.39 is 0 Å². The lowest BCUT2D eigenvalue weighted by atomic mass is 10.2. The highest BCUT2D eigenvalue weighted by Crippen LogP contribution is 2.20. The van der Waals surface area contributed by atoms with Gasteiger partial charge in [-0.3, -0.25) is 5.32 Å². The van der Waals surface area contributed by atoms with Crippen LogP contribution in [0.5, 0.6) is 0 Å². The predicted molar refractivity (Wildman–Crippen MR) is 80.0 cm³/mol. The van der Waals surface area contributed by atoms with Crippen LogP contribution in [-0.2, 0) is 6.54 Å². The van der Waals surface area contributed by atoms with Crippen molar-refractivity contribution in [1.29, 1.82) is 0 Å². The van der Waals surface area contributed by atoms with Crippen molar-refractivity contribution in [2.45, 2.75) is 27.3 Å². The Labute approximate surface area is 122 Å². The van der Waals surface area contributed by atoms with E-state index in [9.17, 15) is 4.79 Å². The molecule has 0 fully saturated rings. The average molecular weight is 293 g/mol. The van der Waals surface area contributed by atoms with Crippen molar-refractivity contribution in [2.75, 3.05) is 11.9 Å². The number of thiazole rings is 1. The maximum Gasteiger partial charge on any atom is 0.321 e.